The molecule has 0 fully saturated rings. The van der Waals surface area contributed by atoms with Gasteiger partial charge in [-0.1, -0.05) is 25.1 Å². The van der Waals surface area contributed by atoms with Crippen molar-refractivity contribution in [1.29, 1.82) is 0 Å². The monoisotopic (exact) mass is 231 g/mol. The first-order valence-corrected chi connectivity index (χ1v) is 6.56. The summed E-state index contributed by atoms with van der Waals surface area (Å²) in [6.45, 7) is 2.12. The molecule has 17 heavy (non-hydrogen) atoms. The normalized spacial score (nSPS) is 21.4. The molecule has 1 N–H and O–H groups in total. The first kappa shape index (κ1) is 12.3. The van der Waals surface area contributed by atoms with Crippen molar-refractivity contribution in [2.24, 2.45) is 5.92 Å². The number of rotatable bonds is 4. The molecule has 2 heteroatoms. The van der Waals surface area contributed by atoms with Gasteiger partial charge in [-0.25, -0.2) is 0 Å². The van der Waals surface area contributed by atoms with Crippen molar-refractivity contribution in [3.05, 3.63) is 41.7 Å². The average molecular weight is 231 g/mol. The van der Waals surface area contributed by atoms with E-state index in [0.29, 0.717) is 12.3 Å². The zero-order valence-corrected chi connectivity index (χ0v) is 10.5. The fraction of sp³-hybridized carbons (Fsp3) is 0.533. The average Bonchev–Trinajstić information content (AvgIpc) is 2.40. The van der Waals surface area contributed by atoms with Crippen LogP contribution in [0.2, 0.25) is 0 Å². The Hall–Kier alpha value is -1.15. The van der Waals surface area contributed by atoms with Crippen LogP contribution in [0.5, 0.6) is 0 Å². The quantitative estimate of drug-likeness (QED) is 0.808. The fourth-order valence-electron chi connectivity index (χ4n) is 2.33. The number of nitrogens with zero attached hydrogens (tertiary/aromatic N) is 1. The lowest BCUT2D eigenvalue weighted by molar-refractivity contribution is 0.101. The highest BCUT2D eigenvalue weighted by Crippen LogP contribution is 2.23. The molecule has 1 aliphatic rings. The first-order valence-electron chi connectivity index (χ1n) is 6.56. The van der Waals surface area contributed by atoms with Gasteiger partial charge in [0.05, 0.1) is 6.10 Å². The van der Waals surface area contributed by atoms with E-state index in [4.69, 9.17) is 0 Å². The molecule has 0 saturated carbocycles. The maximum Gasteiger partial charge on any atom is 0.0626 e. The minimum atomic E-state index is -0.250. The molecule has 0 spiro atoms. The fourth-order valence-corrected chi connectivity index (χ4v) is 2.33. The predicted octanol–water partition coefficient (Wildman–Crippen LogP) is 2.90. The summed E-state index contributed by atoms with van der Waals surface area (Å²) in [4.78, 5) is 4.41. The molecule has 2 unspecified atom stereocenters. The lowest BCUT2D eigenvalue weighted by Crippen LogP contribution is -2.24. The number of aliphatic hydroxyl groups excluding tert-OH is 1. The minimum Gasteiger partial charge on any atom is -0.392 e. The van der Waals surface area contributed by atoms with Crippen LogP contribution >= 0.6 is 0 Å². The Kier molecular flexibility index (Phi) is 4.32. The van der Waals surface area contributed by atoms with E-state index in [2.05, 4.69) is 30.1 Å². The number of hydrogen-bond acceptors (Lipinski definition) is 2. The molecule has 2 atom stereocenters. The smallest absolute Gasteiger partial charge is 0.0626 e. The summed E-state index contributed by atoms with van der Waals surface area (Å²) < 4.78 is 0. The van der Waals surface area contributed by atoms with Crippen molar-refractivity contribution < 1.29 is 5.11 Å². The van der Waals surface area contributed by atoms with Gasteiger partial charge in [0.15, 0.2) is 0 Å². The molecule has 0 radical (unpaired) electrons. The molecular weight excluding hydrogens is 210 g/mol. The van der Waals surface area contributed by atoms with Crippen LogP contribution in [0.1, 0.15) is 37.4 Å². The van der Waals surface area contributed by atoms with Crippen molar-refractivity contribution in [3.8, 4) is 0 Å². The molecule has 1 heterocycles. The second kappa shape index (κ2) is 5.97. The molecule has 0 saturated heterocycles. The highest BCUT2D eigenvalue weighted by molar-refractivity contribution is 5.14. The largest absolute Gasteiger partial charge is 0.392 e. The number of pyridine rings is 1. The van der Waals surface area contributed by atoms with Gasteiger partial charge >= 0.3 is 0 Å². The topological polar surface area (TPSA) is 33.1 Å². The van der Waals surface area contributed by atoms with Gasteiger partial charge in [0.2, 0.25) is 0 Å². The second-order valence-electron chi connectivity index (χ2n) is 4.83. The van der Waals surface area contributed by atoms with Crippen LogP contribution in [0.25, 0.3) is 0 Å². The van der Waals surface area contributed by atoms with Crippen molar-refractivity contribution in [3.63, 3.8) is 0 Å². The van der Waals surface area contributed by atoms with Gasteiger partial charge in [0, 0.05) is 18.3 Å². The summed E-state index contributed by atoms with van der Waals surface area (Å²) in [5, 5.41) is 10.2. The molecule has 92 valence electrons. The standard InChI is InChI=1S/C15H21NO/c1-2-12-8-9-14(16-11-12)10-15(17)13-6-4-3-5-7-13/h3-4,8-9,11,13,15,17H,2,5-7,10H2,1H3. The van der Waals surface area contributed by atoms with E-state index in [1.165, 1.54) is 5.56 Å². The second-order valence-corrected chi connectivity index (χ2v) is 4.83. The number of aliphatic hydroxyl groups is 1. The summed E-state index contributed by atoms with van der Waals surface area (Å²) in [6, 6.07) is 4.15. The van der Waals surface area contributed by atoms with Gasteiger partial charge in [0.25, 0.3) is 0 Å². The highest BCUT2D eigenvalue weighted by atomic mass is 16.3. The van der Waals surface area contributed by atoms with E-state index in [0.717, 1.165) is 31.4 Å². The molecule has 1 aromatic rings. The summed E-state index contributed by atoms with van der Waals surface area (Å²) in [5.74, 6) is 0.410. The molecule has 2 rings (SSSR count). The van der Waals surface area contributed by atoms with E-state index in [1.807, 2.05) is 12.3 Å². The maximum absolute atomic E-state index is 10.2. The van der Waals surface area contributed by atoms with Gasteiger partial charge in [0.1, 0.15) is 0 Å². The van der Waals surface area contributed by atoms with E-state index < -0.39 is 0 Å². The highest BCUT2D eigenvalue weighted by Gasteiger charge is 2.19. The Morgan fingerprint density at radius 2 is 2.29 bits per heavy atom. The molecule has 0 aliphatic heterocycles. The van der Waals surface area contributed by atoms with Gasteiger partial charge < -0.3 is 5.11 Å². The van der Waals surface area contributed by atoms with Crippen LogP contribution in [-0.2, 0) is 12.8 Å². The van der Waals surface area contributed by atoms with Gasteiger partial charge in [-0.2, -0.15) is 0 Å². The number of aryl methyl sites for hydroxylation is 1. The van der Waals surface area contributed by atoms with E-state index in [1.54, 1.807) is 0 Å². The summed E-state index contributed by atoms with van der Waals surface area (Å²) in [6.07, 6.45) is 11.0. The molecule has 1 aromatic heterocycles. The third kappa shape index (κ3) is 3.40. The molecule has 1 aliphatic carbocycles. The van der Waals surface area contributed by atoms with Crippen molar-refractivity contribution >= 4 is 0 Å². The van der Waals surface area contributed by atoms with Gasteiger partial charge in [-0.3, -0.25) is 4.98 Å². The van der Waals surface area contributed by atoms with Crippen LogP contribution in [-0.4, -0.2) is 16.2 Å². The zero-order chi connectivity index (χ0) is 12.1. The third-order valence-corrected chi connectivity index (χ3v) is 3.57. The van der Waals surface area contributed by atoms with Crippen LogP contribution < -0.4 is 0 Å². The Labute approximate surface area is 103 Å². The van der Waals surface area contributed by atoms with E-state index in [-0.39, 0.29) is 6.10 Å². The van der Waals surface area contributed by atoms with Crippen LogP contribution in [0.3, 0.4) is 0 Å². The lowest BCUT2D eigenvalue weighted by atomic mass is 9.87. The van der Waals surface area contributed by atoms with Gasteiger partial charge in [-0.05, 0) is 43.2 Å². The first-order chi connectivity index (χ1) is 8.29. The Morgan fingerprint density at radius 1 is 1.41 bits per heavy atom. The van der Waals surface area contributed by atoms with Gasteiger partial charge in [-0.15, -0.1) is 0 Å². The number of hydrogen-bond donors (Lipinski definition) is 1. The Morgan fingerprint density at radius 3 is 2.88 bits per heavy atom. The summed E-state index contributed by atoms with van der Waals surface area (Å²) in [7, 11) is 0. The Balaban J connectivity index is 1.92. The van der Waals surface area contributed by atoms with Crippen molar-refractivity contribution in [2.45, 2.75) is 45.1 Å². The molecule has 0 bridgehead atoms. The van der Waals surface area contributed by atoms with E-state index >= 15 is 0 Å². The zero-order valence-electron chi connectivity index (χ0n) is 10.5. The van der Waals surface area contributed by atoms with E-state index in [9.17, 15) is 5.11 Å². The number of allylic oxidation sites excluding steroid dienone is 2. The number of aromatic nitrogens is 1. The predicted molar refractivity (Wildman–Crippen MR) is 69.8 cm³/mol. The summed E-state index contributed by atoms with van der Waals surface area (Å²) in [5.41, 5.74) is 2.26. The molecule has 0 amide bonds. The van der Waals surface area contributed by atoms with Crippen LogP contribution in [0, 0.1) is 5.92 Å². The lowest BCUT2D eigenvalue weighted by Gasteiger charge is -2.23. The van der Waals surface area contributed by atoms with Crippen molar-refractivity contribution in [1.82, 2.24) is 4.98 Å². The molecule has 2 nitrogen and oxygen atoms in total. The molecule has 0 aromatic carbocycles. The third-order valence-electron chi connectivity index (χ3n) is 3.57. The van der Waals surface area contributed by atoms with Crippen molar-refractivity contribution in [2.75, 3.05) is 0 Å². The van der Waals surface area contributed by atoms with Crippen LogP contribution in [0.15, 0.2) is 30.5 Å². The molecular formula is C15H21NO. The maximum atomic E-state index is 10.2. The van der Waals surface area contributed by atoms with Crippen LogP contribution in [0.4, 0.5) is 0 Å². The summed E-state index contributed by atoms with van der Waals surface area (Å²) >= 11 is 0. The minimum absolute atomic E-state index is 0.250. The Bertz CT molecular complexity index is 369. The SMILES string of the molecule is CCc1ccc(CC(O)C2CC=CCC2)nc1.